The van der Waals surface area contributed by atoms with Crippen LogP contribution in [0.2, 0.25) is 0 Å². The van der Waals surface area contributed by atoms with Gasteiger partial charge in [-0.2, -0.15) is 0 Å². The Labute approximate surface area is 173 Å². The van der Waals surface area contributed by atoms with Gasteiger partial charge < -0.3 is 20.8 Å². The number of aliphatic hydroxyl groups excluding tert-OH is 2. The molecule has 29 heavy (non-hydrogen) atoms. The third-order valence-electron chi connectivity index (χ3n) is 5.84. The van der Waals surface area contributed by atoms with Crippen molar-refractivity contribution in [1.82, 2.24) is 10.6 Å². The van der Waals surface area contributed by atoms with Gasteiger partial charge >= 0.3 is 0 Å². The first-order valence-corrected chi connectivity index (χ1v) is 10.5. The van der Waals surface area contributed by atoms with Gasteiger partial charge in [-0.25, -0.2) is 0 Å². The van der Waals surface area contributed by atoms with Crippen molar-refractivity contribution in [1.29, 1.82) is 0 Å². The maximum Gasteiger partial charge on any atom is 0.237 e. The maximum atomic E-state index is 12.8. The molecule has 1 aliphatic rings. The van der Waals surface area contributed by atoms with Gasteiger partial charge in [-0.1, -0.05) is 60.2 Å². The van der Waals surface area contributed by atoms with Crippen LogP contribution in [0.15, 0.2) is 54.6 Å². The Morgan fingerprint density at radius 2 is 1.90 bits per heavy atom. The number of benzene rings is 2. The maximum absolute atomic E-state index is 12.8. The summed E-state index contributed by atoms with van der Waals surface area (Å²) in [4.78, 5) is 12.8. The van der Waals surface area contributed by atoms with E-state index >= 15 is 0 Å². The van der Waals surface area contributed by atoms with E-state index in [4.69, 9.17) is 0 Å². The number of aliphatic hydroxyl groups is 2. The lowest BCUT2D eigenvalue weighted by atomic mass is 9.87. The standard InChI is InChI=1S/C24H32N2O3/c1-17-7-9-18(10-8-17)11-12-19-13-14-25-21(15-19)24(29)26-22(16-27)23(28)20-5-3-2-4-6-20/h2-10,19,21-23,25,27-28H,11-16H2,1H3,(H,26,29)/t19-,21+,22+,23+/m1/s1. The van der Waals surface area contributed by atoms with Crippen molar-refractivity contribution >= 4 is 5.91 Å². The molecule has 1 fully saturated rings. The highest BCUT2D eigenvalue weighted by Crippen LogP contribution is 2.23. The average Bonchev–Trinajstić information content (AvgIpc) is 2.77. The van der Waals surface area contributed by atoms with Crippen molar-refractivity contribution < 1.29 is 15.0 Å². The lowest BCUT2D eigenvalue weighted by Crippen LogP contribution is -2.53. The number of amides is 1. The molecule has 2 aromatic carbocycles. The van der Waals surface area contributed by atoms with Crippen LogP contribution in [0.4, 0.5) is 0 Å². The molecule has 4 atom stereocenters. The molecule has 0 saturated carbocycles. The topological polar surface area (TPSA) is 81.6 Å². The van der Waals surface area contributed by atoms with Crippen LogP contribution in [0.1, 0.15) is 42.1 Å². The van der Waals surface area contributed by atoms with E-state index < -0.39 is 12.1 Å². The van der Waals surface area contributed by atoms with E-state index in [1.54, 1.807) is 12.1 Å². The van der Waals surface area contributed by atoms with Crippen LogP contribution in [0.3, 0.4) is 0 Å². The molecule has 156 valence electrons. The fourth-order valence-electron chi connectivity index (χ4n) is 3.97. The summed E-state index contributed by atoms with van der Waals surface area (Å²) in [6.07, 6.45) is 2.98. The molecule has 0 bridgehead atoms. The minimum absolute atomic E-state index is 0.154. The molecule has 0 aliphatic carbocycles. The van der Waals surface area contributed by atoms with Gasteiger partial charge in [-0.15, -0.1) is 0 Å². The lowest BCUT2D eigenvalue weighted by molar-refractivity contribution is -0.126. The van der Waals surface area contributed by atoms with Gasteiger partial charge in [0.2, 0.25) is 5.91 Å². The average molecular weight is 397 g/mol. The molecule has 3 rings (SSSR count). The van der Waals surface area contributed by atoms with E-state index in [2.05, 4.69) is 41.8 Å². The van der Waals surface area contributed by atoms with Gasteiger partial charge in [-0.3, -0.25) is 4.79 Å². The highest BCUT2D eigenvalue weighted by Gasteiger charge is 2.30. The summed E-state index contributed by atoms with van der Waals surface area (Å²) < 4.78 is 0. The Morgan fingerprint density at radius 1 is 1.17 bits per heavy atom. The zero-order valence-electron chi connectivity index (χ0n) is 17.1. The molecular weight excluding hydrogens is 364 g/mol. The molecule has 1 saturated heterocycles. The van der Waals surface area contributed by atoms with Crippen molar-refractivity contribution in [2.24, 2.45) is 5.92 Å². The monoisotopic (exact) mass is 396 g/mol. The number of piperidine rings is 1. The first kappa shape index (κ1) is 21.5. The highest BCUT2D eigenvalue weighted by molar-refractivity contribution is 5.82. The Morgan fingerprint density at radius 3 is 2.59 bits per heavy atom. The van der Waals surface area contributed by atoms with Crippen LogP contribution >= 0.6 is 0 Å². The van der Waals surface area contributed by atoms with Crippen LogP contribution in [-0.4, -0.2) is 41.4 Å². The summed E-state index contributed by atoms with van der Waals surface area (Å²) >= 11 is 0. The fraction of sp³-hybridized carbons (Fsp3) is 0.458. The summed E-state index contributed by atoms with van der Waals surface area (Å²) in [5.41, 5.74) is 3.28. The van der Waals surface area contributed by atoms with Gasteiger partial charge in [0.25, 0.3) is 0 Å². The number of nitrogens with one attached hydrogen (secondary N) is 2. The van der Waals surface area contributed by atoms with Crippen LogP contribution in [0, 0.1) is 12.8 Å². The Balaban J connectivity index is 1.52. The fourth-order valence-corrected chi connectivity index (χ4v) is 3.97. The van der Waals surface area contributed by atoms with Crippen molar-refractivity contribution in [2.75, 3.05) is 13.2 Å². The molecule has 0 aromatic heterocycles. The summed E-state index contributed by atoms with van der Waals surface area (Å²) in [5.74, 6) is 0.332. The summed E-state index contributed by atoms with van der Waals surface area (Å²) in [7, 11) is 0. The minimum Gasteiger partial charge on any atom is -0.394 e. The second-order valence-corrected chi connectivity index (χ2v) is 8.07. The molecule has 0 spiro atoms. The number of aryl methyl sites for hydroxylation is 2. The molecule has 2 aromatic rings. The normalized spacial score (nSPS) is 21.3. The van der Waals surface area contributed by atoms with E-state index in [-0.39, 0.29) is 18.6 Å². The van der Waals surface area contributed by atoms with Gasteiger partial charge in [0.05, 0.1) is 18.7 Å². The number of rotatable bonds is 8. The van der Waals surface area contributed by atoms with Gasteiger partial charge in [0, 0.05) is 0 Å². The van der Waals surface area contributed by atoms with Crippen LogP contribution < -0.4 is 10.6 Å². The molecule has 1 amide bonds. The molecule has 5 heteroatoms. The highest BCUT2D eigenvalue weighted by atomic mass is 16.3. The second-order valence-electron chi connectivity index (χ2n) is 8.07. The van der Waals surface area contributed by atoms with Gasteiger partial charge in [0.1, 0.15) is 6.10 Å². The Kier molecular flexibility index (Phi) is 7.81. The SMILES string of the molecule is Cc1ccc(CC[C@@H]2CCN[C@H](C(=O)N[C@@H](CO)[C@@H](O)c3ccccc3)C2)cc1. The smallest absolute Gasteiger partial charge is 0.237 e. The van der Waals surface area contributed by atoms with Crippen molar-refractivity contribution in [3.05, 3.63) is 71.3 Å². The first-order chi connectivity index (χ1) is 14.1. The molecule has 0 radical (unpaired) electrons. The molecule has 1 heterocycles. The minimum atomic E-state index is -0.939. The zero-order chi connectivity index (χ0) is 20.6. The van der Waals surface area contributed by atoms with E-state index in [0.717, 1.165) is 32.2 Å². The third kappa shape index (κ3) is 6.13. The zero-order valence-corrected chi connectivity index (χ0v) is 17.1. The van der Waals surface area contributed by atoms with Crippen LogP contribution in [0.5, 0.6) is 0 Å². The molecule has 4 N–H and O–H groups in total. The second kappa shape index (κ2) is 10.5. The van der Waals surface area contributed by atoms with Crippen LogP contribution in [-0.2, 0) is 11.2 Å². The largest absolute Gasteiger partial charge is 0.394 e. The lowest BCUT2D eigenvalue weighted by Gasteiger charge is -2.31. The van der Waals surface area contributed by atoms with E-state index in [0.29, 0.717) is 11.5 Å². The Bertz CT molecular complexity index is 763. The summed E-state index contributed by atoms with van der Waals surface area (Å²) in [5, 5.41) is 26.3. The third-order valence-corrected chi connectivity index (χ3v) is 5.84. The molecule has 5 nitrogen and oxygen atoms in total. The number of carbonyl (C=O) groups excluding carboxylic acids is 1. The first-order valence-electron chi connectivity index (χ1n) is 10.5. The predicted octanol–water partition coefficient (Wildman–Crippen LogP) is 2.51. The summed E-state index contributed by atoms with van der Waals surface area (Å²) in [6.45, 7) is 2.58. The van der Waals surface area contributed by atoms with E-state index in [1.807, 2.05) is 18.2 Å². The molecule has 1 aliphatic heterocycles. The van der Waals surface area contributed by atoms with E-state index in [9.17, 15) is 15.0 Å². The van der Waals surface area contributed by atoms with E-state index in [1.165, 1.54) is 11.1 Å². The van der Waals surface area contributed by atoms with Crippen molar-refractivity contribution in [3.8, 4) is 0 Å². The Hall–Kier alpha value is -2.21. The molecule has 0 unspecified atom stereocenters. The van der Waals surface area contributed by atoms with Crippen molar-refractivity contribution in [3.63, 3.8) is 0 Å². The number of hydrogen-bond acceptors (Lipinski definition) is 4. The van der Waals surface area contributed by atoms with Gasteiger partial charge in [0.15, 0.2) is 0 Å². The number of carbonyl (C=O) groups is 1. The summed E-state index contributed by atoms with van der Waals surface area (Å²) in [6, 6.07) is 16.7. The van der Waals surface area contributed by atoms with Gasteiger partial charge in [-0.05, 0) is 56.2 Å². The van der Waals surface area contributed by atoms with Crippen molar-refractivity contribution in [2.45, 2.75) is 50.8 Å². The van der Waals surface area contributed by atoms with Crippen LogP contribution in [0.25, 0.3) is 0 Å². The predicted molar refractivity (Wildman–Crippen MR) is 114 cm³/mol. The molecular formula is C24H32N2O3. The quantitative estimate of drug-likeness (QED) is 0.553. The number of hydrogen-bond donors (Lipinski definition) is 4.